The summed E-state index contributed by atoms with van der Waals surface area (Å²) in [6.07, 6.45) is 0. The van der Waals surface area contributed by atoms with Crippen molar-refractivity contribution in [3.8, 4) is 0 Å². The van der Waals surface area contributed by atoms with Crippen LogP contribution in [0.3, 0.4) is 0 Å². The van der Waals surface area contributed by atoms with E-state index in [9.17, 15) is 0 Å². The Hall–Kier alpha value is 0.500. The molecule has 0 radical (unpaired) electrons. The van der Waals surface area contributed by atoms with Gasteiger partial charge in [0, 0.05) is 31.7 Å². The van der Waals surface area contributed by atoms with Crippen LogP contribution in [0.25, 0.3) is 0 Å². The minimum Gasteiger partial charge on any atom is -0.312 e. The van der Waals surface area contributed by atoms with Crippen LogP contribution in [-0.2, 0) is 0 Å². The zero-order valence-corrected chi connectivity index (χ0v) is 9.67. The quantitative estimate of drug-likeness (QED) is 0.713. The second kappa shape index (κ2) is 6.96. The first kappa shape index (κ1) is 15.0. The van der Waals surface area contributed by atoms with Crippen LogP contribution in [0.5, 0.6) is 0 Å². The summed E-state index contributed by atoms with van der Waals surface area (Å²) in [7, 11) is 0. The first-order chi connectivity index (χ1) is 4.70. The summed E-state index contributed by atoms with van der Waals surface area (Å²) >= 11 is 0. The Bertz CT molecular complexity index is 109. The maximum atomic E-state index is 3.43. The molecule has 0 amide bonds. The maximum Gasteiger partial charge on any atom is 0.0167 e. The van der Waals surface area contributed by atoms with Crippen molar-refractivity contribution in [3.63, 3.8) is 0 Å². The van der Waals surface area contributed by atoms with Gasteiger partial charge in [0.25, 0.3) is 0 Å². The van der Waals surface area contributed by atoms with E-state index in [1.807, 2.05) is 0 Å². The highest BCUT2D eigenvalue weighted by atomic mass is 35.5. The van der Waals surface area contributed by atoms with Crippen LogP contribution in [0.1, 0.15) is 20.8 Å². The van der Waals surface area contributed by atoms with Gasteiger partial charge in [0.2, 0.25) is 0 Å². The van der Waals surface area contributed by atoms with Crippen LogP contribution >= 0.6 is 24.8 Å². The summed E-state index contributed by atoms with van der Waals surface area (Å²) in [5.41, 5.74) is 0. The molecular formula is C8H20Cl2N2. The molecule has 0 bridgehead atoms. The molecule has 4 heteroatoms. The van der Waals surface area contributed by atoms with E-state index in [2.05, 4.69) is 31.0 Å². The molecule has 0 aliphatic carbocycles. The number of nitrogens with zero attached hydrogens (tertiary/aromatic N) is 1. The Kier molecular flexibility index (Phi) is 8.69. The highest BCUT2D eigenvalue weighted by Crippen LogP contribution is 2.02. The summed E-state index contributed by atoms with van der Waals surface area (Å²) in [5, 5.41) is 3.43. The third-order valence-electron chi connectivity index (χ3n) is 2.13. The number of rotatable bonds is 1. The number of hydrogen-bond donors (Lipinski definition) is 1. The second-order valence-corrected chi connectivity index (χ2v) is 3.44. The van der Waals surface area contributed by atoms with Crippen LogP contribution in [0.15, 0.2) is 0 Å². The molecule has 0 spiro atoms. The molecule has 76 valence electrons. The fourth-order valence-electron chi connectivity index (χ4n) is 1.43. The van der Waals surface area contributed by atoms with Gasteiger partial charge in [-0.2, -0.15) is 0 Å². The Balaban J connectivity index is 0. The largest absolute Gasteiger partial charge is 0.312 e. The Morgan fingerprint density at radius 2 is 1.92 bits per heavy atom. The third kappa shape index (κ3) is 4.51. The second-order valence-electron chi connectivity index (χ2n) is 3.44. The van der Waals surface area contributed by atoms with Gasteiger partial charge in [-0.15, -0.1) is 24.8 Å². The van der Waals surface area contributed by atoms with Crippen molar-refractivity contribution >= 4 is 24.8 Å². The van der Waals surface area contributed by atoms with Crippen molar-refractivity contribution in [1.82, 2.24) is 10.2 Å². The van der Waals surface area contributed by atoms with Gasteiger partial charge in [-0.3, -0.25) is 4.90 Å². The Morgan fingerprint density at radius 3 is 2.25 bits per heavy atom. The lowest BCUT2D eigenvalue weighted by atomic mass is 10.2. The first-order valence-electron chi connectivity index (χ1n) is 4.17. The summed E-state index contributed by atoms with van der Waals surface area (Å²) in [6.45, 7) is 10.3. The fraction of sp³-hybridized carbons (Fsp3) is 1.00. The van der Waals surface area contributed by atoms with Crippen molar-refractivity contribution in [2.24, 2.45) is 0 Å². The molecule has 12 heavy (non-hydrogen) atoms. The molecule has 1 rings (SSSR count). The molecule has 0 saturated carbocycles. The summed E-state index contributed by atoms with van der Waals surface area (Å²) in [5.74, 6) is 0. The Labute approximate surface area is 87.9 Å². The molecule has 0 aromatic carbocycles. The van der Waals surface area contributed by atoms with Crippen molar-refractivity contribution in [3.05, 3.63) is 0 Å². The van der Waals surface area contributed by atoms with Crippen LogP contribution in [0.2, 0.25) is 0 Å². The van der Waals surface area contributed by atoms with Gasteiger partial charge in [-0.25, -0.2) is 0 Å². The lowest BCUT2D eigenvalue weighted by Gasteiger charge is -2.34. The number of piperazine rings is 1. The van der Waals surface area contributed by atoms with Gasteiger partial charge in [0.1, 0.15) is 0 Å². The van der Waals surface area contributed by atoms with Crippen molar-refractivity contribution < 1.29 is 0 Å². The van der Waals surface area contributed by atoms with Crippen molar-refractivity contribution in [1.29, 1.82) is 0 Å². The standard InChI is InChI=1S/C8H18N2.2ClH/c1-7(2)10-5-4-9-8(3)6-10;;/h7-9H,4-6H2,1-3H3;2*1H/t8-;;/m1../s1. The predicted octanol–water partition coefficient (Wildman–Crippen LogP) is 1.53. The summed E-state index contributed by atoms with van der Waals surface area (Å²) in [6, 6.07) is 1.39. The van der Waals surface area contributed by atoms with Gasteiger partial charge < -0.3 is 5.32 Å². The van der Waals surface area contributed by atoms with Crippen molar-refractivity contribution in [2.75, 3.05) is 19.6 Å². The molecule has 1 aliphatic heterocycles. The molecule has 0 aromatic heterocycles. The average molecular weight is 215 g/mol. The van der Waals surface area contributed by atoms with Gasteiger partial charge >= 0.3 is 0 Å². The fourth-order valence-corrected chi connectivity index (χ4v) is 1.43. The number of nitrogens with one attached hydrogen (secondary N) is 1. The zero-order chi connectivity index (χ0) is 7.56. The SMILES string of the molecule is CC(C)N1CCN[C@H](C)C1.Cl.Cl. The molecule has 1 aliphatic rings. The van der Waals surface area contributed by atoms with E-state index in [-0.39, 0.29) is 24.8 Å². The van der Waals surface area contributed by atoms with E-state index in [0.29, 0.717) is 12.1 Å². The highest BCUT2D eigenvalue weighted by Gasteiger charge is 2.16. The van der Waals surface area contributed by atoms with Crippen LogP contribution < -0.4 is 5.32 Å². The van der Waals surface area contributed by atoms with E-state index < -0.39 is 0 Å². The molecular weight excluding hydrogens is 195 g/mol. The molecule has 1 N–H and O–H groups in total. The molecule has 1 heterocycles. The van der Waals surface area contributed by atoms with Gasteiger partial charge in [-0.05, 0) is 20.8 Å². The molecule has 1 fully saturated rings. The smallest absolute Gasteiger partial charge is 0.0167 e. The normalized spacial score (nSPS) is 24.5. The van der Waals surface area contributed by atoms with Crippen LogP contribution in [0.4, 0.5) is 0 Å². The highest BCUT2D eigenvalue weighted by molar-refractivity contribution is 5.85. The van der Waals surface area contributed by atoms with E-state index in [1.165, 1.54) is 13.1 Å². The van der Waals surface area contributed by atoms with Gasteiger partial charge in [-0.1, -0.05) is 0 Å². The topological polar surface area (TPSA) is 15.3 Å². The van der Waals surface area contributed by atoms with E-state index in [1.54, 1.807) is 0 Å². The molecule has 0 unspecified atom stereocenters. The molecule has 0 aromatic rings. The Morgan fingerprint density at radius 1 is 1.33 bits per heavy atom. The average Bonchev–Trinajstić information content (AvgIpc) is 1.88. The van der Waals surface area contributed by atoms with Crippen LogP contribution in [-0.4, -0.2) is 36.6 Å². The minimum atomic E-state index is 0. The first-order valence-corrected chi connectivity index (χ1v) is 4.17. The van der Waals surface area contributed by atoms with Crippen molar-refractivity contribution in [2.45, 2.75) is 32.9 Å². The summed E-state index contributed by atoms with van der Waals surface area (Å²) < 4.78 is 0. The minimum absolute atomic E-state index is 0. The third-order valence-corrected chi connectivity index (χ3v) is 2.13. The maximum absolute atomic E-state index is 3.43. The zero-order valence-electron chi connectivity index (χ0n) is 8.04. The lowest BCUT2D eigenvalue weighted by molar-refractivity contribution is 0.168. The summed E-state index contributed by atoms with van der Waals surface area (Å²) in [4.78, 5) is 2.52. The van der Waals surface area contributed by atoms with Gasteiger partial charge in [0.15, 0.2) is 0 Å². The predicted molar refractivity (Wildman–Crippen MR) is 58.7 cm³/mol. The van der Waals surface area contributed by atoms with E-state index in [0.717, 1.165) is 6.54 Å². The van der Waals surface area contributed by atoms with E-state index in [4.69, 9.17) is 0 Å². The monoisotopic (exact) mass is 214 g/mol. The van der Waals surface area contributed by atoms with Crippen LogP contribution in [0, 0.1) is 0 Å². The van der Waals surface area contributed by atoms with E-state index >= 15 is 0 Å². The lowest BCUT2D eigenvalue weighted by Crippen LogP contribution is -2.51. The molecule has 2 nitrogen and oxygen atoms in total. The molecule has 1 atom stereocenters. The molecule has 1 saturated heterocycles. The number of hydrogen-bond acceptors (Lipinski definition) is 2. The van der Waals surface area contributed by atoms with Gasteiger partial charge in [0.05, 0.1) is 0 Å². The number of halogens is 2.